The Hall–Kier alpha value is -3.01. The highest BCUT2D eigenvalue weighted by Crippen LogP contribution is 2.23. The fourth-order valence-corrected chi connectivity index (χ4v) is 2.30. The van der Waals surface area contributed by atoms with E-state index in [1.807, 2.05) is 54.6 Å². The third-order valence-corrected chi connectivity index (χ3v) is 3.36. The van der Waals surface area contributed by atoms with Crippen molar-refractivity contribution >= 4 is 28.2 Å². The van der Waals surface area contributed by atoms with Crippen LogP contribution in [0.4, 0.5) is 16.2 Å². The molecule has 0 spiro atoms. The number of nitrogens with one attached hydrogen (secondary N) is 2. The summed E-state index contributed by atoms with van der Waals surface area (Å²) in [5.74, 6) is 0.621. The van der Waals surface area contributed by atoms with E-state index in [2.05, 4.69) is 10.6 Å². The zero-order valence-electron chi connectivity index (χ0n) is 12.2. The molecular weight excluding hydrogens is 276 g/mol. The van der Waals surface area contributed by atoms with Gasteiger partial charge in [-0.15, -0.1) is 0 Å². The number of methoxy groups -OCH3 is 1. The average Bonchev–Trinajstić information content (AvgIpc) is 2.55. The molecule has 2 amide bonds. The van der Waals surface area contributed by atoms with Gasteiger partial charge in [0.05, 0.1) is 12.8 Å². The number of anilines is 2. The molecule has 0 saturated heterocycles. The monoisotopic (exact) mass is 292 g/mol. The molecule has 0 aliphatic carbocycles. The van der Waals surface area contributed by atoms with Gasteiger partial charge in [0.15, 0.2) is 0 Å². The molecule has 0 unspecified atom stereocenters. The van der Waals surface area contributed by atoms with Crippen molar-refractivity contribution in [3.8, 4) is 5.75 Å². The van der Waals surface area contributed by atoms with Gasteiger partial charge in [0, 0.05) is 5.69 Å². The van der Waals surface area contributed by atoms with Crippen LogP contribution in [0.1, 0.15) is 0 Å². The molecule has 110 valence electrons. The van der Waals surface area contributed by atoms with Crippen LogP contribution >= 0.6 is 0 Å². The predicted octanol–water partition coefficient (Wildman–Crippen LogP) is 4.49. The molecule has 0 radical (unpaired) electrons. The van der Waals surface area contributed by atoms with Crippen molar-refractivity contribution in [3.63, 3.8) is 0 Å². The van der Waals surface area contributed by atoms with Crippen LogP contribution in [0.5, 0.6) is 5.75 Å². The molecular formula is C18H16N2O2. The molecule has 3 rings (SSSR count). The van der Waals surface area contributed by atoms with Gasteiger partial charge in [0.2, 0.25) is 0 Å². The second-order valence-corrected chi connectivity index (χ2v) is 4.84. The maximum atomic E-state index is 12.1. The summed E-state index contributed by atoms with van der Waals surface area (Å²) in [7, 11) is 1.57. The standard InChI is InChI=1S/C18H16N2O2/c1-22-17-9-5-4-8-16(17)20-18(21)19-15-11-10-13-6-2-3-7-14(13)12-15/h2-12H,1H3,(H2,19,20,21). The Balaban J connectivity index is 1.75. The van der Waals surface area contributed by atoms with E-state index in [0.717, 1.165) is 16.5 Å². The molecule has 0 heterocycles. The number of amides is 2. The number of carbonyl (C=O) groups is 1. The lowest BCUT2D eigenvalue weighted by Crippen LogP contribution is -2.19. The molecule has 0 fully saturated rings. The molecule has 0 aromatic heterocycles. The van der Waals surface area contributed by atoms with Gasteiger partial charge in [0.1, 0.15) is 5.75 Å². The zero-order chi connectivity index (χ0) is 15.4. The Morgan fingerprint density at radius 1 is 0.864 bits per heavy atom. The number of fused-ring (bicyclic) bond motifs is 1. The summed E-state index contributed by atoms with van der Waals surface area (Å²) in [5.41, 5.74) is 1.37. The first-order valence-corrected chi connectivity index (χ1v) is 6.96. The van der Waals surface area contributed by atoms with E-state index < -0.39 is 0 Å². The lowest BCUT2D eigenvalue weighted by Gasteiger charge is -2.11. The van der Waals surface area contributed by atoms with E-state index in [4.69, 9.17) is 4.74 Å². The number of urea groups is 1. The topological polar surface area (TPSA) is 50.4 Å². The highest BCUT2D eigenvalue weighted by atomic mass is 16.5. The molecule has 22 heavy (non-hydrogen) atoms. The van der Waals surface area contributed by atoms with E-state index in [-0.39, 0.29) is 6.03 Å². The molecule has 0 aliphatic rings. The van der Waals surface area contributed by atoms with E-state index in [1.165, 1.54) is 0 Å². The number of hydrogen-bond acceptors (Lipinski definition) is 2. The van der Waals surface area contributed by atoms with Crippen molar-refractivity contribution in [2.45, 2.75) is 0 Å². The fourth-order valence-electron chi connectivity index (χ4n) is 2.30. The van der Waals surface area contributed by atoms with Crippen molar-refractivity contribution in [2.75, 3.05) is 17.7 Å². The van der Waals surface area contributed by atoms with Crippen LogP contribution in [0.3, 0.4) is 0 Å². The van der Waals surface area contributed by atoms with E-state index in [1.54, 1.807) is 19.2 Å². The number of rotatable bonds is 3. The maximum absolute atomic E-state index is 12.1. The Bertz CT molecular complexity index is 815. The quantitative estimate of drug-likeness (QED) is 0.747. The van der Waals surface area contributed by atoms with Gasteiger partial charge in [-0.2, -0.15) is 0 Å². The highest BCUT2D eigenvalue weighted by Gasteiger charge is 2.07. The number of para-hydroxylation sites is 2. The summed E-state index contributed by atoms with van der Waals surface area (Å²) in [6.07, 6.45) is 0. The summed E-state index contributed by atoms with van der Waals surface area (Å²) in [6, 6.07) is 20.8. The van der Waals surface area contributed by atoms with Crippen LogP contribution in [-0.2, 0) is 0 Å². The number of hydrogen-bond donors (Lipinski definition) is 2. The van der Waals surface area contributed by atoms with Crippen LogP contribution in [0, 0.1) is 0 Å². The summed E-state index contributed by atoms with van der Waals surface area (Å²) in [5, 5.41) is 7.83. The molecule has 4 nitrogen and oxygen atoms in total. The molecule has 0 saturated carbocycles. The van der Waals surface area contributed by atoms with Crippen molar-refractivity contribution in [3.05, 3.63) is 66.7 Å². The highest BCUT2D eigenvalue weighted by molar-refractivity contribution is 6.01. The number of carbonyl (C=O) groups excluding carboxylic acids is 1. The van der Waals surface area contributed by atoms with Crippen LogP contribution < -0.4 is 15.4 Å². The zero-order valence-corrected chi connectivity index (χ0v) is 12.2. The Morgan fingerprint density at radius 2 is 1.59 bits per heavy atom. The van der Waals surface area contributed by atoms with Gasteiger partial charge in [-0.05, 0) is 35.0 Å². The number of ether oxygens (including phenoxy) is 1. The second kappa shape index (κ2) is 6.18. The minimum atomic E-state index is -0.306. The van der Waals surface area contributed by atoms with Gasteiger partial charge in [-0.25, -0.2) is 4.79 Å². The largest absolute Gasteiger partial charge is 0.495 e. The summed E-state index contributed by atoms with van der Waals surface area (Å²) in [6.45, 7) is 0. The summed E-state index contributed by atoms with van der Waals surface area (Å²) in [4.78, 5) is 12.1. The molecule has 3 aromatic rings. The van der Waals surface area contributed by atoms with Crippen LogP contribution in [0.15, 0.2) is 66.7 Å². The lowest BCUT2D eigenvalue weighted by atomic mass is 10.1. The van der Waals surface area contributed by atoms with Crippen molar-refractivity contribution in [1.29, 1.82) is 0 Å². The van der Waals surface area contributed by atoms with Gasteiger partial charge in [0.25, 0.3) is 0 Å². The normalized spacial score (nSPS) is 10.2. The summed E-state index contributed by atoms with van der Waals surface area (Å²) >= 11 is 0. The van der Waals surface area contributed by atoms with Crippen molar-refractivity contribution < 1.29 is 9.53 Å². The van der Waals surface area contributed by atoms with Gasteiger partial charge >= 0.3 is 6.03 Å². The third-order valence-electron chi connectivity index (χ3n) is 3.36. The van der Waals surface area contributed by atoms with Crippen molar-refractivity contribution in [1.82, 2.24) is 0 Å². The van der Waals surface area contributed by atoms with E-state index in [0.29, 0.717) is 11.4 Å². The SMILES string of the molecule is COc1ccccc1NC(=O)Nc1ccc2ccccc2c1. The maximum Gasteiger partial charge on any atom is 0.323 e. The third kappa shape index (κ3) is 3.01. The average molecular weight is 292 g/mol. The van der Waals surface area contributed by atoms with Crippen LogP contribution in [-0.4, -0.2) is 13.1 Å². The summed E-state index contributed by atoms with van der Waals surface area (Å²) < 4.78 is 5.21. The Morgan fingerprint density at radius 3 is 2.41 bits per heavy atom. The molecule has 0 atom stereocenters. The first kappa shape index (κ1) is 13.9. The molecule has 0 bridgehead atoms. The van der Waals surface area contributed by atoms with Gasteiger partial charge in [-0.1, -0.05) is 42.5 Å². The Kier molecular flexibility index (Phi) is 3.92. The van der Waals surface area contributed by atoms with Crippen LogP contribution in [0.2, 0.25) is 0 Å². The first-order valence-electron chi connectivity index (χ1n) is 6.96. The lowest BCUT2D eigenvalue weighted by molar-refractivity contribution is 0.262. The minimum Gasteiger partial charge on any atom is -0.495 e. The molecule has 3 aromatic carbocycles. The van der Waals surface area contributed by atoms with Crippen LogP contribution in [0.25, 0.3) is 10.8 Å². The minimum absolute atomic E-state index is 0.306. The van der Waals surface area contributed by atoms with E-state index >= 15 is 0 Å². The Labute approximate surface area is 128 Å². The number of benzene rings is 3. The van der Waals surface area contributed by atoms with E-state index in [9.17, 15) is 4.79 Å². The first-order chi connectivity index (χ1) is 10.8. The second-order valence-electron chi connectivity index (χ2n) is 4.84. The molecule has 2 N–H and O–H groups in total. The predicted molar refractivity (Wildman–Crippen MR) is 89.6 cm³/mol. The van der Waals surface area contributed by atoms with Gasteiger partial charge in [-0.3, -0.25) is 0 Å². The van der Waals surface area contributed by atoms with Gasteiger partial charge < -0.3 is 15.4 Å². The van der Waals surface area contributed by atoms with Crippen molar-refractivity contribution in [2.24, 2.45) is 0 Å². The molecule has 4 heteroatoms. The fraction of sp³-hybridized carbons (Fsp3) is 0.0556. The molecule has 0 aliphatic heterocycles. The smallest absolute Gasteiger partial charge is 0.323 e.